The van der Waals surface area contributed by atoms with Crippen LogP contribution in [-0.4, -0.2) is 35.6 Å². The first-order chi connectivity index (χ1) is 9.72. The molecule has 0 radical (unpaired) electrons. The average molecular weight is 279 g/mol. The molecule has 4 heteroatoms. The molecule has 0 bridgehead atoms. The van der Waals surface area contributed by atoms with Crippen LogP contribution < -0.4 is 5.32 Å². The van der Waals surface area contributed by atoms with Gasteiger partial charge in [0.2, 0.25) is 0 Å². The quantitative estimate of drug-likeness (QED) is 0.795. The van der Waals surface area contributed by atoms with Crippen molar-refractivity contribution < 1.29 is 4.74 Å². The summed E-state index contributed by atoms with van der Waals surface area (Å²) < 4.78 is 7.57. The van der Waals surface area contributed by atoms with Crippen LogP contribution in [0.15, 0.2) is 12.3 Å². The Labute approximate surface area is 122 Å². The number of aromatic nitrogens is 2. The van der Waals surface area contributed by atoms with Crippen molar-refractivity contribution in [1.82, 2.24) is 15.1 Å². The van der Waals surface area contributed by atoms with Gasteiger partial charge in [0, 0.05) is 25.8 Å². The number of hydrogen-bond donors (Lipinski definition) is 1. The lowest BCUT2D eigenvalue weighted by Crippen LogP contribution is -2.34. The summed E-state index contributed by atoms with van der Waals surface area (Å²) in [4.78, 5) is 0. The second-order valence-electron chi connectivity index (χ2n) is 5.97. The van der Waals surface area contributed by atoms with Crippen LogP contribution in [0.25, 0.3) is 0 Å². The smallest absolute Gasteiger partial charge is 0.0640 e. The first-order valence-electron chi connectivity index (χ1n) is 8.03. The molecule has 0 aliphatic heterocycles. The van der Waals surface area contributed by atoms with E-state index >= 15 is 0 Å². The number of likely N-dealkylation sites (N-methyl/N-ethyl adjacent to an activating group) is 1. The Morgan fingerprint density at radius 3 is 2.85 bits per heavy atom. The minimum atomic E-state index is 0.288. The molecule has 114 valence electrons. The van der Waals surface area contributed by atoms with Crippen molar-refractivity contribution in [3.63, 3.8) is 0 Å². The predicted molar refractivity (Wildman–Crippen MR) is 82.0 cm³/mol. The van der Waals surface area contributed by atoms with Gasteiger partial charge >= 0.3 is 0 Å². The number of rotatable bonds is 8. The third-order valence-corrected chi connectivity index (χ3v) is 4.33. The summed E-state index contributed by atoms with van der Waals surface area (Å²) in [5.41, 5.74) is 1.20. The summed E-state index contributed by atoms with van der Waals surface area (Å²) >= 11 is 0. The fourth-order valence-electron chi connectivity index (χ4n) is 3.14. The Morgan fingerprint density at radius 2 is 2.20 bits per heavy atom. The van der Waals surface area contributed by atoms with Gasteiger partial charge in [0.25, 0.3) is 0 Å². The van der Waals surface area contributed by atoms with Crippen LogP contribution in [0.2, 0.25) is 0 Å². The lowest BCUT2D eigenvalue weighted by molar-refractivity contribution is 0.100. The molecule has 2 rings (SSSR count). The van der Waals surface area contributed by atoms with Crippen molar-refractivity contribution in [3.8, 4) is 0 Å². The van der Waals surface area contributed by atoms with E-state index in [0.717, 1.165) is 19.4 Å². The van der Waals surface area contributed by atoms with Gasteiger partial charge in [-0.1, -0.05) is 19.8 Å². The van der Waals surface area contributed by atoms with Gasteiger partial charge in [0.15, 0.2) is 0 Å². The molecule has 0 spiro atoms. The van der Waals surface area contributed by atoms with E-state index < -0.39 is 0 Å². The summed E-state index contributed by atoms with van der Waals surface area (Å²) in [5, 5.41) is 8.33. The Morgan fingerprint density at radius 1 is 1.45 bits per heavy atom. The molecule has 2 atom stereocenters. The van der Waals surface area contributed by atoms with E-state index in [4.69, 9.17) is 9.84 Å². The van der Waals surface area contributed by atoms with E-state index in [0.29, 0.717) is 12.1 Å². The second kappa shape index (κ2) is 7.79. The van der Waals surface area contributed by atoms with E-state index in [-0.39, 0.29) is 6.10 Å². The zero-order chi connectivity index (χ0) is 14.4. The molecule has 1 N–H and O–H groups in total. The summed E-state index contributed by atoms with van der Waals surface area (Å²) in [5.74, 6) is 0. The van der Waals surface area contributed by atoms with Gasteiger partial charge in [-0.15, -0.1) is 0 Å². The SMILES string of the molecule is CCNC(Cc1ccn(C2CCCC2)n1)CC(C)OC. The first kappa shape index (κ1) is 15.5. The van der Waals surface area contributed by atoms with Gasteiger partial charge in [0.1, 0.15) is 0 Å². The van der Waals surface area contributed by atoms with E-state index in [9.17, 15) is 0 Å². The van der Waals surface area contributed by atoms with Crippen molar-refractivity contribution in [2.45, 2.75) is 70.6 Å². The maximum absolute atomic E-state index is 5.39. The monoisotopic (exact) mass is 279 g/mol. The topological polar surface area (TPSA) is 39.1 Å². The van der Waals surface area contributed by atoms with Gasteiger partial charge in [-0.25, -0.2) is 0 Å². The van der Waals surface area contributed by atoms with Gasteiger partial charge in [-0.05, 0) is 38.8 Å². The zero-order valence-corrected chi connectivity index (χ0v) is 13.1. The van der Waals surface area contributed by atoms with Crippen molar-refractivity contribution in [1.29, 1.82) is 0 Å². The lowest BCUT2D eigenvalue weighted by atomic mass is 10.0. The van der Waals surface area contributed by atoms with Crippen molar-refractivity contribution in [2.24, 2.45) is 0 Å². The fourth-order valence-corrected chi connectivity index (χ4v) is 3.14. The van der Waals surface area contributed by atoms with Gasteiger partial charge in [-0.3, -0.25) is 4.68 Å². The minimum absolute atomic E-state index is 0.288. The van der Waals surface area contributed by atoms with Crippen LogP contribution in [0.5, 0.6) is 0 Å². The number of ether oxygens (including phenoxy) is 1. The molecule has 0 aromatic carbocycles. The molecular formula is C16H29N3O. The molecule has 1 heterocycles. The van der Waals surface area contributed by atoms with Crippen LogP contribution >= 0.6 is 0 Å². The van der Waals surface area contributed by atoms with Crippen LogP contribution in [0, 0.1) is 0 Å². The normalized spacial score (nSPS) is 19.4. The summed E-state index contributed by atoms with van der Waals surface area (Å²) in [6.45, 7) is 5.27. The Kier molecular flexibility index (Phi) is 6.05. The highest BCUT2D eigenvalue weighted by atomic mass is 16.5. The van der Waals surface area contributed by atoms with Crippen LogP contribution in [-0.2, 0) is 11.2 Å². The van der Waals surface area contributed by atoms with E-state index in [2.05, 4.69) is 36.1 Å². The summed E-state index contributed by atoms with van der Waals surface area (Å²) in [6.07, 6.45) is 9.75. The van der Waals surface area contributed by atoms with E-state index in [1.807, 2.05) is 0 Å². The predicted octanol–water partition coefficient (Wildman–Crippen LogP) is 2.94. The Hall–Kier alpha value is -0.870. The Bertz CT molecular complexity index is 385. The minimum Gasteiger partial charge on any atom is -0.382 e. The second-order valence-corrected chi connectivity index (χ2v) is 5.97. The highest BCUT2D eigenvalue weighted by Crippen LogP contribution is 2.28. The van der Waals surface area contributed by atoms with Gasteiger partial charge < -0.3 is 10.1 Å². The van der Waals surface area contributed by atoms with Crippen molar-refractivity contribution in [3.05, 3.63) is 18.0 Å². The number of nitrogens with one attached hydrogen (secondary N) is 1. The van der Waals surface area contributed by atoms with Crippen LogP contribution in [0.3, 0.4) is 0 Å². The van der Waals surface area contributed by atoms with Crippen molar-refractivity contribution >= 4 is 0 Å². The molecule has 1 fully saturated rings. The van der Waals surface area contributed by atoms with E-state index in [1.165, 1.54) is 31.4 Å². The zero-order valence-electron chi connectivity index (χ0n) is 13.1. The highest BCUT2D eigenvalue weighted by molar-refractivity contribution is 5.03. The van der Waals surface area contributed by atoms with Gasteiger partial charge in [-0.2, -0.15) is 5.10 Å². The molecule has 4 nitrogen and oxygen atoms in total. The molecule has 2 unspecified atom stereocenters. The first-order valence-corrected chi connectivity index (χ1v) is 8.03. The maximum Gasteiger partial charge on any atom is 0.0640 e. The number of nitrogens with zero attached hydrogens (tertiary/aromatic N) is 2. The van der Waals surface area contributed by atoms with Crippen molar-refractivity contribution in [2.75, 3.05) is 13.7 Å². The molecule has 0 amide bonds. The number of methoxy groups -OCH3 is 1. The largest absolute Gasteiger partial charge is 0.382 e. The molecule has 20 heavy (non-hydrogen) atoms. The number of hydrogen-bond acceptors (Lipinski definition) is 3. The third-order valence-electron chi connectivity index (χ3n) is 4.33. The highest BCUT2D eigenvalue weighted by Gasteiger charge is 2.19. The fraction of sp³-hybridized carbons (Fsp3) is 0.812. The summed E-state index contributed by atoms with van der Waals surface area (Å²) in [7, 11) is 1.78. The molecule has 1 aromatic heterocycles. The van der Waals surface area contributed by atoms with Gasteiger partial charge in [0.05, 0.1) is 17.8 Å². The molecule has 1 aromatic rings. The summed E-state index contributed by atoms with van der Waals surface area (Å²) in [6, 6.07) is 3.27. The van der Waals surface area contributed by atoms with Crippen LogP contribution in [0.4, 0.5) is 0 Å². The third kappa shape index (κ3) is 4.32. The molecular weight excluding hydrogens is 250 g/mol. The molecule has 1 aliphatic carbocycles. The van der Waals surface area contributed by atoms with E-state index in [1.54, 1.807) is 7.11 Å². The molecule has 1 saturated carbocycles. The van der Waals surface area contributed by atoms with Crippen LogP contribution in [0.1, 0.15) is 57.7 Å². The molecule has 0 saturated heterocycles. The molecule has 1 aliphatic rings. The average Bonchev–Trinajstić information content (AvgIpc) is 3.08. The standard InChI is InChI=1S/C16H29N3O/c1-4-17-15(11-13(2)20-3)12-14-9-10-19(18-14)16-7-5-6-8-16/h9-10,13,15-17H,4-8,11-12H2,1-3H3. The maximum atomic E-state index is 5.39. The Balaban J connectivity index is 1.92. The lowest BCUT2D eigenvalue weighted by Gasteiger charge is -2.20.